The third kappa shape index (κ3) is 3.49. The van der Waals surface area contributed by atoms with Gasteiger partial charge in [0.25, 0.3) is 0 Å². The van der Waals surface area contributed by atoms with Crippen LogP contribution in [0.2, 0.25) is 0 Å². The van der Waals surface area contributed by atoms with E-state index in [9.17, 15) is 17.1 Å². The molecule has 0 spiro atoms. The normalized spacial score (nSPS) is 19.4. The van der Waals surface area contributed by atoms with Crippen molar-refractivity contribution in [3.63, 3.8) is 0 Å². The Hall–Kier alpha value is -1.15. The highest BCUT2D eigenvalue weighted by Gasteiger charge is 2.34. The lowest BCUT2D eigenvalue weighted by Crippen LogP contribution is -2.26. The molecule has 1 aliphatic heterocycles. The molecule has 20 heavy (non-hydrogen) atoms. The minimum Gasteiger partial charge on any atom is -0.386 e. The molecule has 8 heteroatoms. The number of carbonyl (C=O) groups is 1. The Kier molecular flexibility index (Phi) is 4.33. The number of halogens is 2. The molecule has 110 valence electrons. The molecule has 1 N–H and O–H groups in total. The van der Waals surface area contributed by atoms with Crippen LogP contribution in [0.4, 0.5) is 15.3 Å². The van der Waals surface area contributed by atoms with Crippen molar-refractivity contribution in [2.45, 2.75) is 6.42 Å². The summed E-state index contributed by atoms with van der Waals surface area (Å²) in [4.78, 5) is 13.5. The quantitative estimate of drug-likeness (QED) is 0.831. The molecule has 5 nitrogen and oxygen atoms in total. The molecular formula is C12H14BrFN2O3S. The van der Waals surface area contributed by atoms with Gasteiger partial charge in [-0.25, -0.2) is 0 Å². The number of benzene rings is 1. The molecule has 2 rings (SSSR count). The van der Waals surface area contributed by atoms with Gasteiger partial charge in [0, 0.05) is 30.4 Å². The van der Waals surface area contributed by atoms with Gasteiger partial charge in [-0.2, -0.15) is 8.42 Å². The van der Waals surface area contributed by atoms with Gasteiger partial charge in [0.15, 0.2) is 0 Å². The number of nitrogens with one attached hydrogen (secondary N) is 1. The number of anilines is 2. The Morgan fingerprint density at radius 2 is 2.20 bits per heavy atom. The summed E-state index contributed by atoms with van der Waals surface area (Å²) >= 11 is 3.33. The van der Waals surface area contributed by atoms with Gasteiger partial charge in [0.05, 0.1) is 17.1 Å². The highest BCUT2D eigenvalue weighted by atomic mass is 79.9. The first-order chi connectivity index (χ1) is 9.30. The molecular weight excluding hydrogens is 351 g/mol. The van der Waals surface area contributed by atoms with E-state index in [0.717, 1.165) is 10.2 Å². The van der Waals surface area contributed by atoms with Crippen molar-refractivity contribution in [2.24, 2.45) is 5.92 Å². The summed E-state index contributed by atoms with van der Waals surface area (Å²) in [5, 5.41) is 2.98. The van der Waals surface area contributed by atoms with Crippen LogP contribution < -0.4 is 10.2 Å². The van der Waals surface area contributed by atoms with Crippen LogP contribution in [0, 0.1) is 5.92 Å². The Morgan fingerprint density at radius 3 is 2.80 bits per heavy atom. The Bertz CT molecular complexity index is 636. The minimum atomic E-state index is -4.56. The second-order valence-corrected chi connectivity index (χ2v) is 7.02. The third-order valence-electron chi connectivity index (χ3n) is 3.16. The van der Waals surface area contributed by atoms with Crippen molar-refractivity contribution in [3.8, 4) is 0 Å². The Balaban J connectivity index is 2.26. The second-order valence-electron chi connectivity index (χ2n) is 4.69. The van der Waals surface area contributed by atoms with E-state index < -0.39 is 21.9 Å². The minimum absolute atomic E-state index is 0.0405. The lowest BCUT2D eigenvalue weighted by Gasteiger charge is -2.20. The molecule has 1 saturated heterocycles. The summed E-state index contributed by atoms with van der Waals surface area (Å²) in [5.74, 6) is -1.33. The maximum atomic E-state index is 12.7. The summed E-state index contributed by atoms with van der Waals surface area (Å²) in [5.41, 5.74) is 1.41. The van der Waals surface area contributed by atoms with Gasteiger partial charge in [-0.3, -0.25) is 4.79 Å². The van der Waals surface area contributed by atoms with Crippen molar-refractivity contribution in [2.75, 3.05) is 29.6 Å². The molecule has 1 heterocycles. The van der Waals surface area contributed by atoms with Gasteiger partial charge >= 0.3 is 10.2 Å². The zero-order valence-electron chi connectivity index (χ0n) is 10.8. The van der Waals surface area contributed by atoms with Crippen molar-refractivity contribution >= 4 is 43.4 Å². The number of carbonyl (C=O) groups excluding carboxylic acids is 1. The van der Waals surface area contributed by atoms with Gasteiger partial charge in [-0.1, -0.05) is 15.9 Å². The first-order valence-corrected chi connectivity index (χ1v) is 8.34. The molecule has 0 aromatic heterocycles. The number of amides is 1. The van der Waals surface area contributed by atoms with E-state index >= 15 is 0 Å². The molecule has 1 aliphatic rings. The van der Waals surface area contributed by atoms with Gasteiger partial charge in [0.1, 0.15) is 0 Å². The number of hydrogen-bond donors (Lipinski definition) is 1. The van der Waals surface area contributed by atoms with E-state index in [4.69, 9.17) is 0 Å². The fraction of sp³-hybridized carbons (Fsp3) is 0.417. The van der Waals surface area contributed by atoms with Crippen LogP contribution >= 0.6 is 15.9 Å². The van der Waals surface area contributed by atoms with E-state index in [0.29, 0.717) is 5.69 Å². The van der Waals surface area contributed by atoms with Crippen LogP contribution in [-0.2, 0) is 15.0 Å². The van der Waals surface area contributed by atoms with Crippen LogP contribution in [0.3, 0.4) is 0 Å². The molecule has 1 atom stereocenters. The molecule has 1 aromatic carbocycles. The van der Waals surface area contributed by atoms with Crippen LogP contribution in [-0.4, -0.2) is 33.7 Å². The second kappa shape index (κ2) is 5.69. The van der Waals surface area contributed by atoms with Crippen LogP contribution in [0.1, 0.15) is 6.42 Å². The molecule has 1 aromatic rings. The van der Waals surface area contributed by atoms with E-state index in [1.807, 2.05) is 12.1 Å². The Morgan fingerprint density at radius 1 is 1.50 bits per heavy atom. The fourth-order valence-corrected chi connectivity index (χ4v) is 3.48. The maximum absolute atomic E-state index is 12.7. The standard InChI is InChI=1S/C12H14BrFN2O3S/c1-15-10-3-2-9(13)5-11(10)16-6-8(4-12(16)17)7-20(14,18)19/h2-3,5,8,15H,4,6-7H2,1H3. The van der Waals surface area contributed by atoms with E-state index in [1.165, 1.54) is 4.90 Å². The van der Waals surface area contributed by atoms with Crippen molar-refractivity contribution < 1.29 is 17.1 Å². The molecule has 0 bridgehead atoms. The summed E-state index contributed by atoms with van der Waals surface area (Å²) < 4.78 is 34.9. The SMILES string of the molecule is CNc1ccc(Br)cc1N1CC(CS(=O)(=O)F)CC1=O. The first-order valence-electron chi connectivity index (χ1n) is 6.00. The van der Waals surface area contributed by atoms with Crippen molar-refractivity contribution in [1.29, 1.82) is 0 Å². The summed E-state index contributed by atoms with van der Waals surface area (Å²) in [6.07, 6.45) is 0.0405. The summed E-state index contributed by atoms with van der Waals surface area (Å²) in [6, 6.07) is 5.42. The van der Waals surface area contributed by atoms with Crippen LogP contribution in [0.25, 0.3) is 0 Å². The van der Waals surface area contributed by atoms with Crippen LogP contribution in [0.5, 0.6) is 0 Å². The molecule has 0 saturated carbocycles. The number of nitrogens with zero attached hydrogens (tertiary/aromatic N) is 1. The van der Waals surface area contributed by atoms with Crippen molar-refractivity contribution in [3.05, 3.63) is 22.7 Å². The monoisotopic (exact) mass is 364 g/mol. The predicted octanol–water partition coefficient (Wildman–Crippen LogP) is 2.14. The zero-order valence-corrected chi connectivity index (χ0v) is 13.2. The van der Waals surface area contributed by atoms with E-state index in [1.54, 1.807) is 13.1 Å². The first kappa shape index (κ1) is 15.2. The largest absolute Gasteiger partial charge is 0.386 e. The average molecular weight is 365 g/mol. The smallest absolute Gasteiger partial charge is 0.302 e. The van der Waals surface area contributed by atoms with Gasteiger partial charge in [-0.05, 0) is 18.2 Å². The predicted molar refractivity (Wildman–Crippen MR) is 79.0 cm³/mol. The van der Waals surface area contributed by atoms with E-state index in [2.05, 4.69) is 21.2 Å². The van der Waals surface area contributed by atoms with Gasteiger partial charge < -0.3 is 10.2 Å². The van der Waals surface area contributed by atoms with E-state index in [-0.39, 0.29) is 18.9 Å². The summed E-state index contributed by atoms with van der Waals surface area (Å²) in [7, 11) is -2.83. The van der Waals surface area contributed by atoms with Gasteiger partial charge in [0.2, 0.25) is 5.91 Å². The maximum Gasteiger partial charge on any atom is 0.302 e. The highest BCUT2D eigenvalue weighted by molar-refractivity contribution is 9.10. The number of rotatable bonds is 4. The van der Waals surface area contributed by atoms with Crippen LogP contribution in [0.15, 0.2) is 22.7 Å². The lowest BCUT2D eigenvalue weighted by molar-refractivity contribution is -0.117. The fourth-order valence-electron chi connectivity index (χ4n) is 2.35. The zero-order chi connectivity index (χ0) is 14.9. The van der Waals surface area contributed by atoms with Gasteiger partial charge in [-0.15, -0.1) is 3.89 Å². The number of hydrogen-bond acceptors (Lipinski definition) is 4. The van der Waals surface area contributed by atoms with Crippen molar-refractivity contribution in [1.82, 2.24) is 0 Å². The molecule has 1 unspecified atom stereocenters. The molecule has 1 fully saturated rings. The molecule has 1 amide bonds. The molecule has 0 radical (unpaired) electrons. The summed E-state index contributed by atoms with van der Waals surface area (Å²) in [6.45, 7) is 0.202. The topological polar surface area (TPSA) is 66.5 Å². The average Bonchev–Trinajstić information content (AvgIpc) is 2.67. The Labute approximate surface area is 125 Å². The third-order valence-corrected chi connectivity index (χ3v) is 4.52. The molecule has 0 aliphatic carbocycles. The lowest BCUT2D eigenvalue weighted by atomic mass is 10.1. The highest BCUT2D eigenvalue weighted by Crippen LogP contribution is 2.34.